The van der Waals surface area contributed by atoms with E-state index in [1.807, 2.05) is 6.92 Å². The van der Waals surface area contributed by atoms with E-state index in [-0.39, 0.29) is 23.5 Å². The van der Waals surface area contributed by atoms with Gasteiger partial charge >= 0.3 is 6.09 Å². The molecule has 1 fully saturated rings. The highest BCUT2D eigenvalue weighted by Gasteiger charge is 2.54. The second-order valence-electron chi connectivity index (χ2n) is 8.97. The van der Waals surface area contributed by atoms with Gasteiger partial charge in [0.2, 0.25) is 0 Å². The number of rotatable bonds is 6. The number of anilines is 1. The second-order valence-corrected chi connectivity index (χ2v) is 8.97. The van der Waals surface area contributed by atoms with Crippen molar-refractivity contribution in [1.82, 2.24) is 5.32 Å². The van der Waals surface area contributed by atoms with E-state index in [1.165, 1.54) is 16.8 Å². The lowest BCUT2D eigenvalue weighted by atomic mass is 9.56. The zero-order valence-corrected chi connectivity index (χ0v) is 18.7. The average Bonchev–Trinajstić information content (AvgIpc) is 2.70. The third-order valence-electron chi connectivity index (χ3n) is 6.98. The third-order valence-corrected chi connectivity index (χ3v) is 6.98. The summed E-state index contributed by atoms with van der Waals surface area (Å²) in [7, 11) is 4.10. The van der Waals surface area contributed by atoms with Crippen molar-refractivity contribution < 1.29 is 14.3 Å². The second kappa shape index (κ2) is 8.78. The van der Waals surface area contributed by atoms with Gasteiger partial charge in [0.25, 0.3) is 0 Å². The van der Waals surface area contributed by atoms with E-state index in [4.69, 9.17) is 9.47 Å². The summed E-state index contributed by atoms with van der Waals surface area (Å²) in [6, 6.07) is 8.66. The number of nitrogens with one attached hydrogen (secondary N) is 1. The van der Waals surface area contributed by atoms with Gasteiger partial charge in [-0.3, -0.25) is 0 Å². The zero-order valence-electron chi connectivity index (χ0n) is 18.7. The molecular weight excluding hydrogens is 364 g/mol. The van der Waals surface area contributed by atoms with Gasteiger partial charge in [0.1, 0.15) is 6.61 Å². The first kappa shape index (κ1) is 21.7. The fourth-order valence-corrected chi connectivity index (χ4v) is 5.00. The van der Waals surface area contributed by atoms with Gasteiger partial charge in [0.15, 0.2) is 0 Å². The van der Waals surface area contributed by atoms with Gasteiger partial charge in [-0.25, -0.2) is 4.79 Å². The number of alkyl carbamates (subject to hydrolysis) is 1. The van der Waals surface area contributed by atoms with Crippen molar-refractivity contribution in [3.63, 3.8) is 0 Å². The number of carbonyl (C=O) groups is 1. The molecule has 1 aliphatic carbocycles. The minimum absolute atomic E-state index is 0.0343. The molecule has 1 heterocycles. The first-order valence-electron chi connectivity index (χ1n) is 10.8. The van der Waals surface area contributed by atoms with Crippen LogP contribution in [-0.4, -0.2) is 39.9 Å². The predicted octanol–water partition coefficient (Wildman–Crippen LogP) is 4.79. The fourth-order valence-electron chi connectivity index (χ4n) is 5.00. The number of nitrogens with zero attached hydrogens (tertiary/aromatic N) is 1. The van der Waals surface area contributed by atoms with E-state index in [0.29, 0.717) is 31.6 Å². The minimum atomic E-state index is -0.329. The molecule has 5 atom stereocenters. The van der Waals surface area contributed by atoms with Crippen molar-refractivity contribution in [2.45, 2.75) is 40.2 Å². The first-order valence-corrected chi connectivity index (χ1v) is 10.8. The maximum Gasteiger partial charge on any atom is 0.407 e. The molecule has 0 aromatic heterocycles. The van der Waals surface area contributed by atoms with Crippen molar-refractivity contribution in [3.05, 3.63) is 41.5 Å². The van der Waals surface area contributed by atoms with Crippen LogP contribution < -0.4 is 10.2 Å². The molecule has 0 unspecified atom stereocenters. The van der Waals surface area contributed by atoms with Crippen LogP contribution in [0.1, 0.15) is 45.8 Å². The predicted molar refractivity (Wildman–Crippen MR) is 117 cm³/mol. The molecule has 1 aromatic rings. The van der Waals surface area contributed by atoms with Crippen molar-refractivity contribution in [3.8, 4) is 0 Å². The van der Waals surface area contributed by atoms with Crippen molar-refractivity contribution >= 4 is 11.8 Å². The standard InChI is InChI=1S/C24H36N2O3/c1-7-12-25-23(27)29-15-24-14-28-22(19-8-10-20(11-9-19)26(5)6)21(18(24)4)16(2)13-17(24)3/h8-11,13,17-18,21-22H,7,12,14-15H2,1-6H3,(H,25,27)/t17-,18-,21+,22+,24-/m1/s1. The van der Waals surface area contributed by atoms with Crippen LogP contribution >= 0.6 is 0 Å². The van der Waals surface area contributed by atoms with Gasteiger partial charge in [-0.15, -0.1) is 0 Å². The first-order chi connectivity index (χ1) is 13.8. The number of benzene rings is 1. The summed E-state index contributed by atoms with van der Waals surface area (Å²) < 4.78 is 12.1. The van der Waals surface area contributed by atoms with Gasteiger partial charge in [-0.1, -0.05) is 44.6 Å². The van der Waals surface area contributed by atoms with Gasteiger partial charge < -0.3 is 19.7 Å². The van der Waals surface area contributed by atoms with E-state index < -0.39 is 0 Å². The van der Waals surface area contributed by atoms with Crippen LogP contribution in [0.25, 0.3) is 0 Å². The molecule has 3 rings (SSSR count). The Balaban J connectivity index is 1.81. The molecule has 2 bridgehead atoms. The maximum absolute atomic E-state index is 12.1. The molecule has 1 aliphatic heterocycles. The quantitative estimate of drug-likeness (QED) is 0.697. The van der Waals surface area contributed by atoms with Gasteiger partial charge in [-0.2, -0.15) is 0 Å². The average molecular weight is 401 g/mol. The van der Waals surface area contributed by atoms with Crippen molar-refractivity contribution in [1.29, 1.82) is 0 Å². The van der Waals surface area contributed by atoms with Crippen LogP contribution in [0.5, 0.6) is 0 Å². The maximum atomic E-state index is 12.1. The highest BCUT2D eigenvalue weighted by molar-refractivity contribution is 5.67. The molecule has 1 aromatic carbocycles. The Morgan fingerprint density at radius 2 is 1.97 bits per heavy atom. The smallest absolute Gasteiger partial charge is 0.407 e. The molecule has 5 nitrogen and oxygen atoms in total. The highest BCUT2D eigenvalue weighted by atomic mass is 16.6. The summed E-state index contributed by atoms with van der Waals surface area (Å²) in [5.41, 5.74) is 3.58. The van der Waals surface area contributed by atoms with Crippen LogP contribution in [0.3, 0.4) is 0 Å². The van der Waals surface area contributed by atoms with E-state index in [1.54, 1.807) is 0 Å². The molecule has 1 N–H and O–H groups in total. The van der Waals surface area contributed by atoms with Gasteiger partial charge in [-0.05, 0) is 42.9 Å². The molecule has 0 spiro atoms. The van der Waals surface area contributed by atoms with Crippen LogP contribution in [-0.2, 0) is 9.47 Å². The number of amides is 1. The Morgan fingerprint density at radius 3 is 2.59 bits per heavy atom. The number of carbonyl (C=O) groups excluding carboxylic acids is 1. The lowest BCUT2D eigenvalue weighted by molar-refractivity contribution is -0.165. The SMILES string of the molecule is CCCNC(=O)OC[C@]12CO[C@@H](c3ccc(N(C)C)cc3)[C@@H](C(C)=C[C@H]1C)[C@H]2C. The molecule has 0 saturated carbocycles. The monoisotopic (exact) mass is 400 g/mol. The molecular formula is C24H36N2O3. The van der Waals surface area contributed by atoms with Crippen LogP contribution in [0.4, 0.5) is 10.5 Å². The molecule has 1 saturated heterocycles. The number of hydrogen-bond acceptors (Lipinski definition) is 4. The summed E-state index contributed by atoms with van der Waals surface area (Å²) in [4.78, 5) is 14.2. The van der Waals surface area contributed by atoms with Crippen molar-refractivity contribution in [2.24, 2.45) is 23.2 Å². The Hall–Kier alpha value is -2.01. The molecule has 2 aliphatic rings. The summed E-state index contributed by atoms with van der Waals surface area (Å²) in [5.74, 6) is 0.936. The number of hydrogen-bond donors (Lipinski definition) is 1. The van der Waals surface area contributed by atoms with Crippen LogP contribution in [0, 0.1) is 23.2 Å². The minimum Gasteiger partial charge on any atom is -0.449 e. The summed E-state index contributed by atoms with van der Waals surface area (Å²) in [6.45, 7) is 10.4. The molecule has 0 radical (unpaired) electrons. The molecule has 160 valence electrons. The lowest BCUT2D eigenvalue weighted by Gasteiger charge is -2.55. The van der Waals surface area contributed by atoms with Crippen molar-refractivity contribution in [2.75, 3.05) is 38.8 Å². The molecule has 5 heteroatoms. The Bertz CT molecular complexity index is 743. The zero-order chi connectivity index (χ0) is 21.2. The summed E-state index contributed by atoms with van der Waals surface area (Å²) in [5, 5.41) is 2.81. The number of allylic oxidation sites excluding steroid dienone is 1. The molecule has 29 heavy (non-hydrogen) atoms. The van der Waals surface area contributed by atoms with Gasteiger partial charge in [0.05, 0.1) is 12.7 Å². The van der Waals surface area contributed by atoms with E-state index >= 15 is 0 Å². The Labute approximate surface area is 175 Å². The number of fused-ring (bicyclic) bond motifs is 2. The normalized spacial score (nSPS) is 31.0. The number of ether oxygens (including phenoxy) is 2. The largest absolute Gasteiger partial charge is 0.449 e. The fraction of sp³-hybridized carbons (Fsp3) is 0.625. The van der Waals surface area contributed by atoms with Gasteiger partial charge in [0, 0.05) is 37.7 Å². The van der Waals surface area contributed by atoms with E-state index in [2.05, 4.69) is 75.4 Å². The van der Waals surface area contributed by atoms with Crippen LogP contribution in [0.2, 0.25) is 0 Å². The van der Waals surface area contributed by atoms with E-state index in [9.17, 15) is 4.79 Å². The highest BCUT2D eigenvalue weighted by Crippen LogP contribution is 2.56. The molecule has 1 amide bonds. The Kier molecular flexibility index (Phi) is 6.57. The Morgan fingerprint density at radius 1 is 1.28 bits per heavy atom. The lowest BCUT2D eigenvalue weighted by Crippen LogP contribution is -2.54. The topological polar surface area (TPSA) is 50.8 Å². The summed E-state index contributed by atoms with van der Waals surface area (Å²) >= 11 is 0. The van der Waals surface area contributed by atoms with Crippen LogP contribution in [0.15, 0.2) is 35.9 Å². The third kappa shape index (κ3) is 4.16. The summed E-state index contributed by atoms with van der Waals surface area (Å²) in [6.07, 6.45) is 2.97. The van der Waals surface area contributed by atoms with E-state index in [0.717, 1.165) is 6.42 Å².